The molecule has 0 amide bonds. The number of carboxylic acids is 1. The molecule has 2 heterocycles. The van der Waals surface area contributed by atoms with E-state index in [4.69, 9.17) is 5.11 Å². The molecule has 1 saturated carbocycles. The second kappa shape index (κ2) is 4.01. The number of nitrogens with zero attached hydrogens (tertiary/aromatic N) is 3. The number of sulfonamides is 1. The summed E-state index contributed by atoms with van der Waals surface area (Å²) in [5.74, 6) is -2.54. The van der Waals surface area contributed by atoms with Crippen molar-refractivity contribution in [3.63, 3.8) is 0 Å². The van der Waals surface area contributed by atoms with Gasteiger partial charge in [-0.25, -0.2) is 13.1 Å². The maximum Gasteiger partial charge on any atom is 0.307 e. The van der Waals surface area contributed by atoms with Crippen LogP contribution < -0.4 is 0 Å². The number of hydrogen-bond acceptors (Lipinski definition) is 4. The van der Waals surface area contributed by atoms with E-state index in [-0.39, 0.29) is 30.6 Å². The Balaban J connectivity index is 1.87. The Morgan fingerprint density at radius 3 is 2.35 bits per heavy atom. The summed E-state index contributed by atoms with van der Waals surface area (Å²) in [4.78, 5) is 10.5. The van der Waals surface area contributed by atoms with Gasteiger partial charge in [-0.15, -0.1) is 0 Å². The van der Waals surface area contributed by atoms with E-state index in [0.29, 0.717) is 0 Å². The van der Waals surface area contributed by atoms with E-state index in [2.05, 4.69) is 5.10 Å². The van der Waals surface area contributed by atoms with Crippen molar-refractivity contribution in [3.05, 3.63) is 11.6 Å². The molecule has 1 aliphatic heterocycles. The van der Waals surface area contributed by atoms with Gasteiger partial charge in [0.05, 0.1) is 11.6 Å². The van der Waals surface area contributed by atoms with Crippen LogP contribution >= 0.6 is 0 Å². The molecule has 7 nitrogen and oxygen atoms in total. The van der Waals surface area contributed by atoms with Crippen molar-refractivity contribution in [2.24, 2.45) is 24.8 Å². The average Bonchev–Trinajstić information content (AvgIpc) is 2.70. The van der Waals surface area contributed by atoms with Gasteiger partial charge in [0.2, 0.25) is 16.0 Å². The smallest absolute Gasteiger partial charge is 0.307 e. The van der Waals surface area contributed by atoms with Crippen molar-refractivity contribution in [1.82, 2.24) is 14.1 Å². The van der Waals surface area contributed by atoms with Gasteiger partial charge in [-0.2, -0.15) is 13.8 Å². The molecule has 0 spiro atoms. The predicted octanol–water partition coefficient (Wildman–Crippen LogP) is -0.181. The summed E-state index contributed by atoms with van der Waals surface area (Å²) in [5, 5.41) is 12.7. The molecule has 0 radical (unpaired) electrons. The molecule has 2 aliphatic rings. The Morgan fingerprint density at radius 1 is 1.40 bits per heavy atom. The third-order valence-corrected chi connectivity index (χ3v) is 6.10. The van der Waals surface area contributed by atoms with Gasteiger partial charge in [-0.3, -0.25) is 4.79 Å². The number of aryl methyl sites for hydroxylation is 2. The molecular weight excluding hydrogens is 289 g/mol. The molecule has 1 saturated heterocycles. The first-order valence-electron chi connectivity index (χ1n) is 6.17. The Hall–Kier alpha value is -1.48. The van der Waals surface area contributed by atoms with Gasteiger partial charge in [-0.05, 0) is 18.8 Å². The van der Waals surface area contributed by atoms with Crippen molar-refractivity contribution in [1.29, 1.82) is 0 Å². The van der Waals surface area contributed by atoms with Gasteiger partial charge in [0.1, 0.15) is 0 Å². The lowest BCUT2D eigenvalue weighted by atomic mass is 10.3. The number of aliphatic carboxylic acids is 1. The van der Waals surface area contributed by atoms with Crippen LogP contribution in [0.25, 0.3) is 0 Å². The van der Waals surface area contributed by atoms with E-state index in [9.17, 15) is 17.6 Å². The highest BCUT2D eigenvalue weighted by Gasteiger charge is 2.62. The fraction of sp³-hybridized carbons (Fsp3) is 0.636. The van der Waals surface area contributed by atoms with Crippen molar-refractivity contribution >= 4 is 16.0 Å². The molecule has 1 aromatic rings. The van der Waals surface area contributed by atoms with Gasteiger partial charge in [0, 0.05) is 20.1 Å². The van der Waals surface area contributed by atoms with E-state index in [1.54, 1.807) is 0 Å². The lowest BCUT2D eigenvalue weighted by Crippen LogP contribution is -2.33. The third kappa shape index (κ3) is 1.69. The van der Waals surface area contributed by atoms with E-state index in [0.717, 1.165) is 8.99 Å². The number of halogens is 1. The summed E-state index contributed by atoms with van der Waals surface area (Å²) in [6.07, 6.45) is 0. The van der Waals surface area contributed by atoms with Crippen LogP contribution in [-0.4, -0.2) is 46.7 Å². The second-order valence-electron chi connectivity index (χ2n) is 5.34. The topological polar surface area (TPSA) is 92.5 Å². The van der Waals surface area contributed by atoms with Gasteiger partial charge in [0.25, 0.3) is 0 Å². The number of rotatable bonds is 3. The normalized spacial score (nSPS) is 29.4. The molecule has 3 atom stereocenters. The van der Waals surface area contributed by atoms with Crippen LogP contribution in [0.15, 0.2) is 4.90 Å². The van der Waals surface area contributed by atoms with Crippen LogP contribution in [0.4, 0.5) is 4.39 Å². The Kier molecular flexibility index (Phi) is 2.71. The van der Waals surface area contributed by atoms with Gasteiger partial charge in [0.15, 0.2) is 4.90 Å². The monoisotopic (exact) mass is 303 g/mol. The first-order valence-corrected chi connectivity index (χ1v) is 7.61. The summed E-state index contributed by atoms with van der Waals surface area (Å²) in [7, 11) is -2.61. The first kappa shape index (κ1) is 13.5. The second-order valence-corrected chi connectivity index (χ2v) is 7.22. The van der Waals surface area contributed by atoms with Gasteiger partial charge in [-0.1, -0.05) is 0 Å². The van der Waals surface area contributed by atoms with E-state index < -0.39 is 32.8 Å². The molecule has 1 aromatic heterocycles. The van der Waals surface area contributed by atoms with Crippen molar-refractivity contribution in [3.8, 4) is 0 Å². The molecule has 0 bridgehead atoms. The highest BCUT2D eigenvalue weighted by Crippen LogP contribution is 2.52. The van der Waals surface area contributed by atoms with Crippen molar-refractivity contribution in [2.75, 3.05) is 13.1 Å². The fourth-order valence-electron chi connectivity index (χ4n) is 3.08. The number of carbonyl (C=O) groups is 1. The van der Waals surface area contributed by atoms with Gasteiger partial charge < -0.3 is 5.11 Å². The SMILES string of the molecule is Cc1nn(C)c(F)c1S(=O)(=O)N1C[C@@H]2C(C(=O)O)[C@@H]2C1. The molecule has 1 aliphatic carbocycles. The number of piperidine rings is 1. The molecule has 20 heavy (non-hydrogen) atoms. The molecule has 0 aromatic carbocycles. The van der Waals surface area contributed by atoms with Crippen LogP contribution in [0, 0.1) is 30.6 Å². The van der Waals surface area contributed by atoms with Crippen LogP contribution in [0.2, 0.25) is 0 Å². The standard InChI is InChI=1S/C11H14FN3O4S/c1-5-9(10(12)14(2)13-5)20(18,19)15-3-6-7(4-15)8(6)11(16)17/h6-8H,3-4H2,1-2H3,(H,16,17)/t6-,7+,8?. The largest absolute Gasteiger partial charge is 0.481 e. The van der Waals surface area contributed by atoms with Crippen LogP contribution in [-0.2, 0) is 21.9 Å². The summed E-state index contributed by atoms with van der Waals surface area (Å²) >= 11 is 0. The Morgan fingerprint density at radius 2 is 1.95 bits per heavy atom. The first-order chi connectivity index (χ1) is 9.25. The quantitative estimate of drug-likeness (QED) is 0.836. The van der Waals surface area contributed by atoms with Crippen LogP contribution in [0.1, 0.15) is 5.69 Å². The minimum absolute atomic E-state index is 0.111. The molecule has 110 valence electrons. The number of fused-ring (bicyclic) bond motifs is 1. The van der Waals surface area contributed by atoms with E-state index >= 15 is 0 Å². The molecule has 1 unspecified atom stereocenters. The zero-order valence-electron chi connectivity index (χ0n) is 10.9. The highest BCUT2D eigenvalue weighted by atomic mass is 32.2. The summed E-state index contributed by atoms with van der Waals surface area (Å²) in [6.45, 7) is 1.71. The molecule has 2 fully saturated rings. The number of carboxylic acid groups (broad SMARTS) is 1. The van der Waals surface area contributed by atoms with Crippen molar-refractivity contribution < 1.29 is 22.7 Å². The molecular formula is C11H14FN3O4S. The number of hydrogen-bond donors (Lipinski definition) is 1. The van der Waals surface area contributed by atoms with Crippen molar-refractivity contribution in [2.45, 2.75) is 11.8 Å². The van der Waals surface area contributed by atoms with Gasteiger partial charge >= 0.3 is 5.97 Å². The lowest BCUT2D eigenvalue weighted by molar-refractivity contribution is -0.139. The zero-order valence-corrected chi connectivity index (χ0v) is 11.8. The minimum Gasteiger partial charge on any atom is -0.481 e. The van der Waals surface area contributed by atoms with E-state index in [1.807, 2.05) is 0 Å². The molecule has 1 N–H and O–H groups in total. The zero-order chi connectivity index (χ0) is 14.8. The summed E-state index contributed by atoms with van der Waals surface area (Å²) in [6, 6.07) is 0. The maximum absolute atomic E-state index is 13.9. The third-order valence-electron chi connectivity index (χ3n) is 4.14. The average molecular weight is 303 g/mol. The minimum atomic E-state index is -3.95. The molecule has 3 rings (SSSR count). The number of aromatic nitrogens is 2. The predicted molar refractivity (Wildman–Crippen MR) is 64.8 cm³/mol. The maximum atomic E-state index is 13.9. The highest BCUT2D eigenvalue weighted by molar-refractivity contribution is 7.89. The summed E-state index contributed by atoms with van der Waals surface area (Å²) in [5.41, 5.74) is 0.111. The molecule has 9 heteroatoms. The lowest BCUT2D eigenvalue weighted by Gasteiger charge is -2.18. The Bertz CT molecular complexity index is 687. The fourth-order valence-corrected chi connectivity index (χ4v) is 4.84. The Labute approximate surface area is 115 Å². The van der Waals surface area contributed by atoms with Crippen LogP contribution in [0.5, 0.6) is 0 Å². The van der Waals surface area contributed by atoms with Crippen LogP contribution in [0.3, 0.4) is 0 Å². The van der Waals surface area contributed by atoms with E-state index in [1.165, 1.54) is 14.0 Å². The summed E-state index contributed by atoms with van der Waals surface area (Å²) < 4.78 is 40.8.